The normalized spacial score (nSPS) is 16.2. The lowest BCUT2D eigenvalue weighted by molar-refractivity contribution is -0.274. The minimum absolute atomic E-state index is 0.143. The smallest absolute Gasteiger partial charge is 0.497 e. The van der Waals surface area contributed by atoms with Crippen LogP contribution in [0, 0.1) is 0 Å². The van der Waals surface area contributed by atoms with Gasteiger partial charge in [-0.15, -0.1) is 13.2 Å². The number of H-pyrrole nitrogens is 1. The molecule has 0 bridgehead atoms. The molecule has 1 unspecified atom stereocenters. The molecule has 2 amide bonds. The van der Waals surface area contributed by atoms with Crippen molar-refractivity contribution in [2.75, 3.05) is 18.6 Å². The Balaban J connectivity index is 1.43. The van der Waals surface area contributed by atoms with E-state index in [1.165, 1.54) is 30.3 Å². The first kappa shape index (κ1) is 22.2. The molecule has 0 aliphatic carbocycles. The summed E-state index contributed by atoms with van der Waals surface area (Å²) in [5.41, 5.74) is 1.14. The SMILES string of the molecule is COc1ccc2[nH]cc(C(=O)C(=O)NC3CCN(c4ccc(OC(F)(F)F)cc4)C3=O)c2c1. The van der Waals surface area contributed by atoms with Gasteiger partial charge in [-0.05, 0) is 48.9 Å². The number of hydrogen-bond acceptors (Lipinski definition) is 5. The molecule has 2 heterocycles. The molecule has 1 aliphatic heterocycles. The van der Waals surface area contributed by atoms with Gasteiger partial charge < -0.3 is 24.7 Å². The van der Waals surface area contributed by atoms with Gasteiger partial charge in [0.05, 0.1) is 12.7 Å². The number of fused-ring (bicyclic) bond motifs is 1. The van der Waals surface area contributed by atoms with E-state index in [9.17, 15) is 27.6 Å². The average Bonchev–Trinajstić information content (AvgIpc) is 3.36. The van der Waals surface area contributed by atoms with Crippen molar-refractivity contribution in [1.29, 1.82) is 0 Å². The third kappa shape index (κ3) is 4.61. The van der Waals surface area contributed by atoms with Crippen LogP contribution >= 0.6 is 0 Å². The van der Waals surface area contributed by atoms with Gasteiger partial charge in [-0.2, -0.15) is 0 Å². The molecule has 0 radical (unpaired) electrons. The number of aromatic nitrogens is 1. The van der Waals surface area contributed by atoms with Crippen molar-refractivity contribution in [3.63, 3.8) is 0 Å². The van der Waals surface area contributed by atoms with E-state index < -0.39 is 35.8 Å². The summed E-state index contributed by atoms with van der Waals surface area (Å²) in [4.78, 5) is 42.2. The number of rotatable bonds is 6. The predicted octanol–water partition coefficient (Wildman–Crippen LogP) is 3.18. The Morgan fingerprint density at radius 1 is 1.12 bits per heavy atom. The topological polar surface area (TPSA) is 101 Å². The van der Waals surface area contributed by atoms with Gasteiger partial charge in [0, 0.05) is 29.3 Å². The third-order valence-corrected chi connectivity index (χ3v) is 5.23. The van der Waals surface area contributed by atoms with Gasteiger partial charge in [-0.1, -0.05) is 0 Å². The molecule has 172 valence electrons. The van der Waals surface area contributed by atoms with E-state index in [2.05, 4.69) is 15.0 Å². The molecule has 2 N–H and O–H groups in total. The van der Waals surface area contributed by atoms with E-state index >= 15 is 0 Å². The summed E-state index contributed by atoms with van der Waals surface area (Å²) in [6.45, 7) is 0.224. The Bertz CT molecular complexity index is 1220. The minimum Gasteiger partial charge on any atom is -0.497 e. The summed E-state index contributed by atoms with van der Waals surface area (Å²) in [6.07, 6.45) is -3.16. The van der Waals surface area contributed by atoms with Crippen molar-refractivity contribution in [2.24, 2.45) is 0 Å². The van der Waals surface area contributed by atoms with Gasteiger partial charge in [0.15, 0.2) is 0 Å². The summed E-state index contributed by atoms with van der Waals surface area (Å²) in [7, 11) is 1.48. The van der Waals surface area contributed by atoms with E-state index in [0.29, 0.717) is 22.3 Å². The van der Waals surface area contributed by atoms with Gasteiger partial charge in [0.1, 0.15) is 17.5 Å². The molecule has 3 aromatic rings. The van der Waals surface area contributed by atoms with Crippen LogP contribution in [0.15, 0.2) is 48.7 Å². The Labute approximate surface area is 185 Å². The Kier molecular flexibility index (Phi) is 5.71. The third-order valence-electron chi connectivity index (χ3n) is 5.23. The molecule has 2 aromatic carbocycles. The number of aromatic amines is 1. The van der Waals surface area contributed by atoms with E-state index in [1.807, 2.05) is 0 Å². The fraction of sp³-hybridized carbons (Fsp3) is 0.227. The van der Waals surface area contributed by atoms with Crippen molar-refractivity contribution < 1.29 is 37.0 Å². The van der Waals surface area contributed by atoms with Crippen LogP contribution in [0.2, 0.25) is 0 Å². The summed E-state index contributed by atoms with van der Waals surface area (Å²) in [5, 5.41) is 2.96. The maximum absolute atomic E-state index is 12.7. The maximum atomic E-state index is 12.7. The highest BCUT2D eigenvalue weighted by molar-refractivity contribution is 6.45. The van der Waals surface area contributed by atoms with Crippen molar-refractivity contribution >= 4 is 34.2 Å². The predicted molar refractivity (Wildman–Crippen MR) is 111 cm³/mol. The van der Waals surface area contributed by atoms with Crippen molar-refractivity contribution in [1.82, 2.24) is 10.3 Å². The Hall–Kier alpha value is -4.02. The molecular weight excluding hydrogens is 443 g/mol. The number of nitrogens with zero attached hydrogens (tertiary/aromatic N) is 1. The Morgan fingerprint density at radius 2 is 1.82 bits per heavy atom. The van der Waals surface area contributed by atoms with Crippen LogP contribution in [0.4, 0.5) is 18.9 Å². The first-order chi connectivity index (χ1) is 15.7. The summed E-state index contributed by atoms with van der Waals surface area (Å²) in [6, 6.07) is 8.93. The molecule has 1 atom stereocenters. The van der Waals surface area contributed by atoms with Gasteiger partial charge in [-0.25, -0.2) is 0 Å². The molecule has 1 saturated heterocycles. The number of amides is 2. The molecule has 0 spiro atoms. The first-order valence-corrected chi connectivity index (χ1v) is 9.84. The molecule has 8 nitrogen and oxygen atoms in total. The minimum atomic E-state index is -4.82. The first-order valence-electron chi connectivity index (χ1n) is 9.84. The summed E-state index contributed by atoms with van der Waals surface area (Å²) >= 11 is 0. The second-order valence-corrected chi connectivity index (χ2v) is 7.29. The number of ketones is 1. The molecule has 1 aliphatic rings. The number of Topliss-reactive ketones (excluding diaryl/α,β-unsaturated/α-hetero) is 1. The van der Waals surface area contributed by atoms with Gasteiger partial charge in [0.25, 0.3) is 11.7 Å². The fourth-order valence-electron chi connectivity index (χ4n) is 3.66. The van der Waals surface area contributed by atoms with Crippen molar-refractivity contribution in [2.45, 2.75) is 18.8 Å². The number of halogens is 3. The zero-order chi connectivity index (χ0) is 23.8. The largest absolute Gasteiger partial charge is 0.573 e. The molecule has 4 rings (SSSR count). The maximum Gasteiger partial charge on any atom is 0.573 e. The second kappa shape index (κ2) is 8.49. The van der Waals surface area contributed by atoms with Crippen LogP contribution in [0.5, 0.6) is 11.5 Å². The van der Waals surface area contributed by atoms with Crippen molar-refractivity contribution in [3.05, 3.63) is 54.2 Å². The standard InChI is InChI=1S/C22H18F3N3O5/c1-32-14-6-7-17-15(10-14)16(11-26-17)19(29)20(30)27-18-8-9-28(21(18)31)12-2-4-13(5-3-12)33-22(23,24)25/h2-7,10-11,18,26H,8-9H2,1H3,(H,27,30). The van der Waals surface area contributed by atoms with Crippen LogP contribution in [0.1, 0.15) is 16.8 Å². The van der Waals surface area contributed by atoms with Crippen LogP contribution in [-0.2, 0) is 9.59 Å². The highest BCUT2D eigenvalue weighted by Gasteiger charge is 2.36. The molecule has 33 heavy (non-hydrogen) atoms. The molecular formula is C22H18F3N3O5. The monoisotopic (exact) mass is 461 g/mol. The van der Waals surface area contributed by atoms with Gasteiger partial charge in [0.2, 0.25) is 5.91 Å². The highest BCUT2D eigenvalue weighted by Crippen LogP contribution is 2.28. The lowest BCUT2D eigenvalue weighted by Crippen LogP contribution is -2.44. The number of alkyl halides is 3. The van der Waals surface area contributed by atoms with Gasteiger partial charge in [-0.3, -0.25) is 14.4 Å². The number of carbonyl (C=O) groups excluding carboxylic acids is 3. The quantitative estimate of drug-likeness (QED) is 0.434. The second-order valence-electron chi connectivity index (χ2n) is 7.29. The number of anilines is 1. The average molecular weight is 461 g/mol. The Morgan fingerprint density at radius 3 is 2.48 bits per heavy atom. The van der Waals surface area contributed by atoms with E-state index in [4.69, 9.17) is 4.74 Å². The lowest BCUT2D eigenvalue weighted by atomic mass is 10.1. The molecule has 1 fully saturated rings. The summed E-state index contributed by atoms with van der Waals surface area (Å²) in [5.74, 6) is -2.11. The number of benzene rings is 2. The van der Waals surface area contributed by atoms with Crippen LogP contribution in [0.25, 0.3) is 10.9 Å². The number of nitrogens with one attached hydrogen (secondary N) is 2. The van der Waals surface area contributed by atoms with E-state index in [0.717, 1.165) is 12.1 Å². The van der Waals surface area contributed by atoms with E-state index in [1.54, 1.807) is 18.2 Å². The van der Waals surface area contributed by atoms with Crippen molar-refractivity contribution in [3.8, 4) is 11.5 Å². The van der Waals surface area contributed by atoms with Crippen LogP contribution in [0.3, 0.4) is 0 Å². The van der Waals surface area contributed by atoms with Crippen LogP contribution < -0.4 is 19.7 Å². The zero-order valence-electron chi connectivity index (χ0n) is 17.2. The number of hydrogen-bond donors (Lipinski definition) is 2. The number of ether oxygens (including phenoxy) is 2. The molecule has 1 aromatic heterocycles. The lowest BCUT2D eigenvalue weighted by Gasteiger charge is -2.18. The fourth-order valence-corrected chi connectivity index (χ4v) is 3.66. The highest BCUT2D eigenvalue weighted by atomic mass is 19.4. The zero-order valence-corrected chi connectivity index (χ0v) is 17.2. The molecule has 0 saturated carbocycles. The van der Waals surface area contributed by atoms with Gasteiger partial charge >= 0.3 is 6.36 Å². The number of methoxy groups -OCH3 is 1. The number of carbonyl (C=O) groups is 3. The van der Waals surface area contributed by atoms with Crippen LogP contribution in [-0.4, -0.2) is 48.6 Å². The summed E-state index contributed by atoms with van der Waals surface area (Å²) < 4.78 is 45.9. The van der Waals surface area contributed by atoms with E-state index in [-0.39, 0.29) is 18.5 Å². The molecule has 11 heteroatoms.